The molecule has 1 aromatic heterocycles. The summed E-state index contributed by atoms with van der Waals surface area (Å²) in [5.41, 5.74) is 0.762. The Morgan fingerprint density at radius 3 is 2.65 bits per heavy atom. The SMILES string of the molecule is CCCC1CCC(c2cc3ccc(C)c(F)c3s2)CC1. The van der Waals surface area contributed by atoms with Gasteiger partial charge in [0, 0.05) is 4.88 Å². The minimum absolute atomic E-state index is 0.0154. The van der Waals surface area contributed by atoms with Gasteiger partial charge in [-0.05, 0) is 61.5 Å². The van der Waals surface area contributed by atoms with Crippen LogP contribution < -0.4 is 0 Å². The predicted molar refractivity (Wildman–Crippen MR) is 86.1 cm³/mol. The Morgan fingerprint density at radius 1 is 1.20 bits per heavy atom. The predicted octanol–water partition coefficient (Wildman–Crippen LogP) is 6.42. The summed E-state index contributed by atoms with van der Waals surface area (Å²) in [6.45, 7) is 4.13. The highest BCUT2D eigenvalue weighted by Crippen LogP contribution is 2.42. The van der Waals surface area contributed by atoms with Gasteiger partial charge in [-0.2, -0.15) is 0 Å². The maximum atomic E-state index is 14.2. The first-order chi connectivity index (χ1) is 9.69. The summed E-state index contributed by atoms with van der Waals surface area (Å²) < 4.78 is 15.0. The van der Waals surface area contributed by atoms with Crippen molar-refractivity contribution in [3.63, 3.8) is 0 Å². The highest BCUT2D eigenvalue weighted by molar-refractivity contribution is 7.19. The fourth-order valence-electron chi connectivity index (χ4n) is 3.53. The Hall–Kier alpha value is -0.890. The van der Waals surface area contributed by atoms with Crippen LogP contribution in [0.3, 0.4) is 0 Å². The molecule has 0 nitrogen and oxygen atoms in total. The zero-order valence-electron chi connectivity index (χ0n) is 12.4. The summed E-state index contributed by atoms with van der Waals surface area (Å²) in [5.74, 6) is 1.59. The lowest BCUT2D eigenvalue weighted by Crippen LogP contribution is -2.12. The number of benzene rings is 1. The Kier molecular flexibility index (Phi) is 4.11. The van der Waals surface area contributed by atoms with Crippen molar-refractivity contribution in [1.82, 2.24) is 0 Å². The molecule has 0 bridgehead atoms. The van der Waals surface area contributed by atoms with Crippen molar-refractivity contribution < 1.29 is 4.39 Å². The van der Waals surface area contributed by atoms with Crippen molar-refractivity contribution in [2.75, 3.05) is 0 Å². The number of hydrogen-bond donors (Lipinski definition) is 0. The lowest BCUT2D eigenvalue weighted by molar-refractivity contribution is 0.310. The molecule has 1 aromatic carbocycles. The minimum atomic E-state index is -0.0154. The molecule has 1 aliphatic rings. The van der Waals surface area contributed by atoms with Gasteiger partial charge < -0.3 is 0 Å². The van der Waals surface area contributed by atoms with E-state index in [2.05, 4.69) is 19.1 Å². The van der Waals surface area contributed by atoms with E-state index in [1.807, 2.05) is 13.0 Å². The van der Waals surface area contributed by atoms with Crippen LogP contribution >= 0.6 is 11.3 Å². The molecule has 0 radical (unpaired) electrons. The Labute approximate surface area is 125 Å². The summed E-state index contributed by atoms with van der Waals surface area (Å²) in [4.78, 5) is 1.40. The summed E-state index contributed by atoms with van der Waals surface area (Å²) in [6, 6.07) is 6.19. The molecule has 1 fully saturated rings. The van der Waals surface area contributed by atoms with E-state index in [4.69, 9.17) is 0 Å². The minimum Gasteiger partial charge on any atom is -0.205 e. The van der Waals surface area contributed by atoms with Gasteiger partial charge in [-0.3, -0.25) is 0 Å². The van der Waals surface area contributed by atoms with Crippen LogP contribution in [-0.4, -0.2) is 0 Å². The average Bonchev–Trinajstić information content (AvgIpc) is 2.89. The number of thiophene rings is 1. The molecule has 3 rings (SSSR count). The highest BCUT2D eigenvalue weighted by atomic mass is 32.1. The maximum absolute atomic E-state index is 14.2. The second-order valence-corrected chi connectivity index (χ2v) is 7.35. The van der Waals surface area contributed by atoms with Crippen LogP contribution in [0.4, 0.5) is 4.39 Å². The van der Waals surface area contributed by atoms with Crippen LogP contribution in [0.25, 0.3) is 10.1 Å². The summed E-state index contributed by atoms with van der Waals surface area (Å²) in [7, 11) is 0. The van der Waals surface area contributed by atoms with Gasteiger partial charge in [-0.25, -0.2) is 4.39 Å². The number of hydrogen-bond acceptors (Lipinski definition) is 1. The normalized spacial score (nSPS) is 23.4. The zero-order chi connectivity index (χ0) is 14.1. The molecule has 0 spiro atoms. The van der Waals surface area contributed by atoms with E-state index in [9.17, 15) is 4.39 Å². The lowest BCUT2D eigenvalue weighted by Gasteiger charge is -2.27. The van der Waals surface area contributed by atoms with E-state index in [1.54, 1.807) is 11.3 Å². The fourth-order valence-corrected chi connectivity index (χ4v) is 4.85. The first-order valence-corrected chi connectivity index (χ1v) is 8.69. The van der Waals surface area contributed by atoms with Gasteiger partial charge in [0.1, 0.15) is 5.82 Å². The van der Waals surface area contributed by atoms with E-state index in [0.29, 0.717) is 5.92 Å². The monoisotopic (exact) mass is 290 g/mol. The largest absolute Gasteiger partial charge is 0.205 e. The van der Waals surface area contributed by atoms with Crippen molar-refractivity contribution in [3.8, 4) is 0 Å². The molecule has 0 saturated heterocycles. The standard InChI is InChI=1S/C18H23FS/c1-3-4-13-6-9-14(10-7-13)16-11-15-8-5-12(2)17(19)18(15)20-16/h5,8,11,13-14H,3-4,6-7,9-10H2,1-2H3. The highest BCUT2D eigenvalue weighted by Gasteiger charge is 2.23. The number of aryl methyl sites for hydroxylation is 1. The van der Waals surface area contributed by atoms with Gasteiger partial charge >= 0.3 is 0 Å². The number of halogens is 1. The molecule has 0 amide bonds. The van der Waals surface area contributed by atoms with Crippen LogP contribution in [-0.2, 0) is 0 Å². The van der Waals surface area contributed by atoms with Gasteiger partial charge in [0.15, 0.2) is 0 Å². The molecule has 2 heteroatoms. The number of fused-ring (bicyclic) bond motifs is 1. The zero-order valence-corrected chi connectivity index (χ0v) is 13.2. The van der Waals surface area contributed by atoms with Crippen LogP contribution in [0.15, 0.2) is 18.2 Å². The molecule has 0 atom stereocenters. The quantitative estimate of drug-likeness (QED) is 0.611. The third kappa shape index (κ3) is 2.63. The molecule has 2 aromatic rings. The third-order valence-electron chi connectivity index (χ3n) is 4.78. The second kappa shape index (κ2) is 5.85. The summed E-state index contributed by atoms with van der Waals surface area (Å²) in [5, 5.41) is 1.09. The van der Waals surface area contributed by atoms with Gasteiger partial charge in [0.25, 0.3) is 0 Å². The van der Waals surface area contributed by atoms with E-state index >= 15 is 0 Å². The smallest absolute Gasteiger partial charge is 0.143 e. The van der Waals surface area contributed by atoms with Crippen molar-refractivity contribution in [3.05, 3.63) is 34.5 Å². The molecule has 108 valence electrons. The van der Waals surface area contributed by atoms with Crippen LogP contribution in [0.1, 0.15) is 61.8 Å². The molecular weight excluding hydrogens is 267 g/mol. The Bertz CT molecular complexity index is 591. The third-order valence-corrected chi connectivity index (χ3v) is 6.09. The fraction of sp³-hybridized carbons (Fsp3) is 0.556. The lowest BCUT2D eigenvalue weighted by atomic mass is 9.79. The summed E-state index contributed by atoms with van der Waals surface area (Å²) in [6.07, 6.45) is 7.98. The van der Waals surface area contributed by atoms with Crippen molar-refractivity contribution >= 4 is 21.4 Å². The molecule has 20 heavy (non-hydrogen) atoms. The number of rotatable bonds is 3. The van der Waals surface area contributed by atoms with E-state index < -0.39 is 0 Å². The van der Waals surface area contributed by atoms with Crippen LogP contribution in [0, 0.1) is 18.7 Å². The van der Waals surface area contributed by atoms with Crippen LogP contribution in [0.2, 0.25) is 0 Å². The Morgan fingerprint density at radius 2 is 1.95 bits per heavy atom. The van der Waals surface area contributed by atoms with Crippen molar-refractivity contribution in [2.24, 2.45) is 5.92 Å². The first-order valence-electron chi connectivity index (χ1n) is 7.87. The van der Waals surface area contributed by atoms with Gasteiger partial charge in [0.05, 0.1) is 4.70 Å². The van der Waals surface area contributed by atoms with E-state index in [1.165, 1.54) is 43.4 Å². The van der Waals surface area contributed by atoms with Gasteiger partial charge in [-0.1, -0.05) is 31.9 Å². The first kappa shape index (κ1) is 14.1. The van der Waals surface area contributed by atoms with Crippen molar-refractivity contribution in [2.45, 2.75) is 58.3 Å². The molecule has 1 aliphatic carbocycles. The summed E-state index contributed by atoms with van der Waals surface area (Å²) >= 11 is 1.68. The van der Waals surface area contributed by atoms with E-state index in [0.717, 1.165) is 21.6 Å². The molecule has 1 heterocycles. The molecule has 0 N–H and O–H groups in total. The Balaban J connectivity index is 1.80. The topological polar surface area (TPSA) is 0 Å². The molecule has 1 saturated carbocycles. The molecular formula is C18H23FS. The second-order valence-electron chi connectivity index (χ2n) is 6.27. The van der Waals surface area contributed by atoms with Gasteiger partial charge in [0.2, 0.25) is 0 Å². The average molecular weight is 290 g/mol. The van der Waals surface area contributed by atoms with E-state index in [-0.39, 0.29) is 5.82 Å². The maximum Gasteiger partial charge on any atom is 0.143 e. The van der Waals surface area contributed by atoms with Gasteiger partial charge in [-0.15, -0.1) is 11.3 Å². The molecule has 0 aliphatic heterocycles. The van der Waals surface area contributed by atoms with Crippen molar-refractivity contribution in [1.29, 1.82) is 0 Å². The van der Waals surface area contributed by atoms with Crippen LogP contribution in [0.5, 0.6) is 0 Å². The molecule has 0 unspecified atom stereocenters.